The molecule has 2 rings (SSSR count). The van der Waals surface area contributed by atoms with Gasteiger partial charge in [-0.2, -0.15) is 5.11 Å². The van der Waals surface area contributed by atoms with E-state index in [1.807, 2.05) is 0 Å². The topological polar surface area (TPSA) is 62.0 Å². The third-order valence-electron chi connectivity index (χ3n) is 2.56. The molecule has 0 saturated heterocycles. The minimum Gasteiger partial charge on any atom is -0.513 e. The standard InChI is InChI=1S/C15H10BrClN2O2/c16-11-3-1-10(2-4-11)15(21)14(9-20)19-18-13-7-5-12(17)6-8-13/h1-9,20H. The second kappa shape index (κ2) is 7.15. The van der Waals surface area contributed by atoms with E-state index in [0.29, 0.717) is 22.5 Å². The van der Waals surface area contributed by atoms with Crippen molar-refractivity contribution in [3.8, 4) is 0 Å². The Morgan fingerprint density at radius 3 is 2.29 bits per heavy atom. The number of Topliss-reactive ketones (excluding diaryl/α,β-unsaturated/α-hetero) is 1. The molecular weight excluding hydrogens is 356 g/mol. The summed E-state index contributed by atoms with van der Waals surface area (Å²) in [6, 6.07) is 13.4. The van der Waals surface area contributed by atoms with E-state index < -0.39 is 5.78 Å². The van der Waals surface area contributed by atoms with Crippen molar-refractivity contribution in [1.82, 2.24) is 0 Å². The van der Waals surface area contributed by atoms with Gasteiger partial charge in [0.15, 0.2) is 5.70 Å². The van der Waals surface area contributed by atoms with Gasteiger partial charge in [-0.1, -0.05) is 27.5 Å². The summed E-state index contributed by atoms with van der Waals surface area (Å²) in [6.45, 7) is 0. The molecule has 21 heavy (non-hydrogen) atoms. The molecule has 0 radical (unpaired) electrons. The molecule has 4 nitrogen and oxygen atoms in total. The number of aliphatic hydroxyl groups excluding tert-OH is 1. The first-order valence-corrected chi connectivity index (χ1v) is 7.09. The first kappa shape index (κ1) is 15.4. The molecule has 2 aromatic rings. The zero-order valence-corrected chi connectivity index (χ0v) is 13.0. The number of benzene rings is 2. The lowest BCUT2D eigenvalue weighted by molar-refractivity contribution is 0.102. The molecule has 0 aliphatic rings. The number of hydrogen-bond donors (Lipinski definition) is 1. The average molecular weight is 366 g/mol. The van der Waals surface area contributed by atoms with Crippen molar-refractivity contribution < 1.29 is 9.90 Å². The minimum absolute atomic E-state index is 0.146. The Morgan fingerprint density at radius 2 is 1.71 bits per heavy atom. The molecule has 0 aliphatic heterocycles. The molecule has 0 unspecified atom stereocenters. The van der Waals surface area contributed by atoms with Crippen LogP contribution in [-0.2, 0) is 0 Å². The van der Waals surface area contributed by atoms with Gasteiger partial charge in [0.2, 0.25) is 5.78 Å². The fraction of sp³-hybridized carbons (Fsp3) is 0. The van der Waals surface area contributed by atoms with E-state index in [-0.39, 0.29) is 5.70 Å². The molecule has 0 atom stereocenters. The van der Waals surface area contributed by atoms with Crippen LogP contribution >= 0.6 is 27.5 Å². The quantitative estimate of drug-likeness (QED) is 0.338. The van der Waals surface area contributed by atoms with E-state index in [1.165, 1.54) is 0 Å². The number of azo groups is 1. The van der Waals surface area contributed by atoms with Gasteiger partial charge in [-0.05, 0) is 48.5 Å². The van der Waals surface area contributed by atoms with Crippen LogP contribution in [0, 0.1) is 0 Å². The van der Waals surface area contributed by atoms with Crippen LogP contribution in [0.3, 0.4) is 0 Å². The summed E-state index contributed by atoms with van der Waals surface area (Å²) in [5.74, 6) is -0.414. The molecule has 106 valence electrons. The van der Waals surface area contributed by atoms with Gasteiger partial charge in [0.1, 0.15) is 6.26 Å². The summed E-state index contributed by atoms with van der Waals surface area (Å²) >= 11 is 9.05. The Bertz CT molecular complexity index is 695. The smallest absolute Gasteiger partial charge is 0.216 e. The lowest BCUT2D eigenvalue weighted by Crippen LogP contribution is -2.01. The molecule has 0 amide bonds. The zero-order chi connectivity index (χ0) is 15.2. The van der Waals surface area contributed by atoms with Crippen molar-refractivity contribution in [2.24, 2.45) is 10.2 Å². The van der Waals surface area contributed by atoms with Gasteiger partial charge in [0.25, 0.3) is 0 Å². The molecule has 0 saturated carbocycles. The normalized spacial score (nSPS) is 11.8. The van der Waals surface area contributed by atoms with Crippen molar-refractivity contribution in [3.05, 3.63) is 75.5 Å². The minimum atomic E-state index is -0.414. The first-order chi connectivity index (χ1) is 10.1. The second-order valence-corrected chi connectivity index (χ2v) is 5.38. The number of allylic oxidation sites excluding steroid dienone is 1. The molecule has 0 spiro atoms. The van der Waals surface area contributed by atoms with Gasteiger partial charge in [-0.15, -0.1) is 5.11 Å². The first-order valence-electron chi connectivity index (χ1n) is 5.92. The van der Waals surface area contributed by atoms with Gasteiger partial charge >= 0.3 is 0 Å². The number of rotatable bonds is 4. The number of ketones is 1. The van der Waals surface area contributed by atoms with Gasteiger partial charge in [-0.3, -0.25) is 4.79 Å². The molecule has 0 fully saturated rings. The number of hydrogen-bond acceptors (Lipinski definition) is 4. The van der Waals surface area contributed by atoms with Crippen molar-refractivity contribution in [2.75, 3.05) is 0 Å². The number of carbonyl (C=O) groups excluding carboxylic acids is 1. The van der Waals surface area contributed by atoms with Crippen LogP contribution in [0.2, 0.25) is 5.02 Å². The molecule has 2 aromatic carbocycles. The van der Waals surface area contributed by atoms with Crippen molar-refractivity contribution >= 4 is 39.0 Å². The van der Waals surface area contributed by atoms with Gasteiger partial charge in [0.05, 0.1) is 5.69 Å². The van der Waals surface area contributed by atoms with Crippen molar-refractivity contribution in [2.45, 2.75) is 0 Å². The lowest BCUT2D eigenvalue weighted by atomic mass is 10.1. The number of nitrogens with zero attached hydrogens (tertiary/aromatic N) is 2. The zero-order valence-electron chi connectivity index (χ0n) is 10.7. The van der Waals surface area contributed by atoms with Crippen LogP contribution in [0.15, 0.2) is 75.2 Å². The van der Waals surface area contributed by atoms with E-state index in [9.17, 15) is 4.79 Å². The molecule has 1 N–H and O–H groups in total. The Hall–Kier alpha value is -1.98. The summed E-state index contributed by atoms with van der Waals surface area (Å²) < 4.78 is 0.858. The Morgan fingerprint density at radius 1 is 1.10 bits per heavy atom. The third kappa shape index (κ3) is 4.24. The van der Waals surface area contributed by atoms with E-state index in [2.05, 4.69) is 26.2 Å². The van der Waals surface area contributed by atoms with Crippen LogP contribution in [0.5, 0.6) is 0 Å². The Kier molecular flexibility index (Phi) is 5.25. The van der Waals surface area contributed by atoms with Crippen LogP contribution in [0.4, 0.5) is 5.69 Å². The highest BCUT2D eigenvalue weighted by molar-refractivity contribution is 9.10. The van der Waals surface area contributed by atoms with E-state index in [0.717, 1.165) is 4.47 Å². The Labute approximate surface area is 134 Å². The van der Waals surface area contributed by atoms with E-state index >= 15 is 0 Å². The summed E-state index contributed by atoms with van der Waals surface area (Å²) in [5, 5.41) is 17.4. The average Bonchev–Trinajstić information content (AvgIpc) is 2.50. The van der Waals surface area contributed by atoms with Crippen LogP contribution in [0.1, 0.15) is 10.4 Å². The van der Waals surface area contributed by atoms with Crippen LogP contribution in [0.25, 0.3) is 0 Å². The summed E-state index contributed by atoms with van der Waals surface area (Å²) in [7, 11) is 0. The molecule has 0 aromatic heterocycles. The predicted octanol–water partition coefficient (Wildman–Crippen LogP) is 5.47. The highest BCUT2D eigenvalue weighted by Gasteiger charge is 2.12. The highest BCUT2D eigenvalue weighted by Crippen LogP contribution is 2.19. The van der Waals surface area contributed by atoms with Gasteiger partial charge < -0.3 is 5.11 Å². The third-order valence-corrected chi connectivity index (χ3v) is 3.34. The van der Waals surface area contributed by atoms with Crippen LogP contribution in [-0.4, -0.2) is 10.9 Å². The predicted molar refractivity (Wildman–Crippen MR) is 85.2 cm³/mol. The Balaban J connectivity index is 2.18. The maximum absolute atomic E-state index is 12.1. The molecule has 0 bridgehead atoms. The summed E-state index contributed by atoms with van der Waals surface area (Å²) in [5.41, 5.74) is 0.795. The maximum Gasteiger partial charge on any atom is 0.216 e. The second-order valence-electron chi connectivity index (χ2n) is 4.03. The monoisotopic (exact) mass is 364 g/mol. The van der Waals surface area contributed by atoms with Crippen LogP contribution < -0.4 is 0 Å². The molecule has 0 heterocycles. The highest BCUT2D eigenvalue weighted by atomic mass is 79.9. The van der Waals surface area contributed by atoms with Gasteiger partial charge in [0, 0.05) is 15.1 Å². The van der Waals surface area contributed by atoms with E-state index in [1.54, 1.807) is 48.5 Å². The number of aliphatic hydroxyl groups is 1. The lowest BCUT2D eigenvalue weighted by Gasteiger charge is -2.00. The van der Waals surface area contributed by atoms with Crippen molar-refractivity contribution in [3.63, 3.8) is 0 Å². The fourth-order valence-electron chi connectivity index (χ4n) is 1.50. The summed E-state index contributed by atoms with van der Waals surface area (Å²) in [4.78, 5) is 12.1. The maximum atomic E-state index is 12.1. The molecule has 6 heteroatoms. The fourth-order valence-corrected chi connectivity index (χ4v) is 1.89. The van der Waals surface area contributed by atoms with Crippen molar-refractivity contribution in [1.29, 1.82) is 0 Å². The van der Waals surface area contributed by atoms with E-state index in [4.69, 9.17) is 16.7 Å². The molecule has 0 aliphatic carbocycles. The summed E-state index contributed by atoms with van der Waals surface area (Å²) in [6.07, 6.45) is 0.643. The SMILES string of the molecule is O=C(C(=CO)N=Nc1ccc(Cl)cc1)c1ccc(Br)cc1. The number of halogens is 2. The largest absolute Gasteiger partial charge is 0.513 e. The number of carbonyl (C=O) groups is 1. The van der Waals surface area contributed by atoms with Gasteiger partial charge in [-0.25, -0.2) is 0 Å². The molecular formula is C15H10BrClN2O2.